The van der Waals surface area contributed by atoms with E-state index in [9.17, 15) is 14.4 Å². The Morgan fingerprint density at radius 1 is 0.831 bits per heavy atom. The van der Waals surface area contributed by atoms with Crippen molar-refractivity contribution in [2.45, 2.75) is 102 Å². The third-order valence-electron chi connectivity index (χ3n) is 17.2. The van der Waals surface area contributed by atoms with E-state index >= 15 is 4.39 Å². The van der Waals surface area contributed by atoms with Crippen LogP contribution in [0.5, 0.6) is 11.5 Å². The number of ether oxygens (including phenoxy) is 4. The van der Waals surface area contributed by atoms with Crippen LogP contribution in [0, 0.1) is 17.7 Å². The van der Waals surface area contributed by atoms with Gasteiger partial charge in [0.05, 0.1) is 66.4 Å². The zero-order valence-electron chi connectivity index (χ0n) is 43.7. The number of imidazole rings is 2. The van der Waals surface area contributed by atoms with Crippen molar-refractivity contribution in [1.29, 1.82) is 0 Å². The summed E-state index contributed by atoms with van der Waals surface area (Å²) in [4.78, 5) is 64.6. The summed E-state index contributed by atoms with van der Waals surface area (Å²) >= 11 is 0. The topological polar surface area (TPSA) is 172 Å². The van der Waals surface area contributed by atoms with E-state index in [2.05, 4.69) is 92.0 Å². The number of carbonyl (C=O) groups is 3. The van der Waals surface area contributed by atoms with E-state index in [0.29, 0.717) is 85.6 Å². The van der Waals surface area contributed by atoms with E-state index in [4.69, 9.17) is 28.9 Å². The fourth-order valence-corrected chi connectivity index (χ4v) is 13.1. The summed E-state index contributed by atoms with van der Waals surface area (Å²) in [6.07, 6.45) is 8.70. The lowest BCUT2D eigenvalue weighted by atomic mass is 9.90. The summed E-state index contributed by atoms with van der Waals surface area (Å²) in [6, 6.07) is 26.5. The first-order valence-electron chi connectivity index (χ1n) is 27.5. The first-order valence-corrected chi connectivity index (χ1v) is 27.5. The maximum Gasteiger partial charge on any atom is 0.407 e. The molecule has 3 N–H and O–H groups in total. The second-order valence-electron chi connectivity index (χ2n) is 21.5. The average molecular weight is 1040 g/mol. The van der Waals surface area contributed by atoms with Crippen molar-refractivity contribution in [2.24, 2.45) is 11.8 Å². The Labute approximate surface area is 446 Å². The van der Waals surface area contributed by atoms with E-state index < -0.39 is 24.2 Å². The minimum atomic E-state index is -0.767. The summed E-state index contributed by atoms with van der Waals surface area (Å²) in [5.41, 5.74) is 7.76. The van der Waals surface area contributed by atoms with Gasteiger partial charge in [0.25, 0.3) is 0 Å². The van der Waals surface area contributed by atoms with Crippen LogP contribution >= 0.6 is 0 Å². The van der Waals surface area contributed by atoms with Crippen LogP contribution in [-0.2, 0) is 25.5 Å². The van der Waals surface area contributed by atoms with Gasteiger partial charge in [-0.25, -0.2) is 19.2 Å². The fraction of sp³-hybridized carbons (Fsp3) is 0.417. The lowest BCUT2D eigenvalue weighted by molar-refractivity contribution is -0.139. The number of halogens is 1. The molecule has 8 heterocycles. The van der Waals surface area contributed by atoms with Crippen LogP contribution in [0.3, 0.4) is 0 Å². The first kappa shape index (κ1) is 49.1. The van der Waals surface area contributed by atoms with Gasteiger partial charge in [-0.2, -0.15) is 0 Å². The van der Waals surface area contributed by atoms with Gasteiger partial charge in [-0.1, -0.05) is 62.4 Å². The highest BCUT2D eigenvalue weighted by molar-refractivity contribution is 5.93. The highest BCUT2D eigenvalue weighted by atomic mass is 19.1. The number of likely N-dealkylation sites (tertiary alicyclic amines) is 2. The standard InChI is InChI=1S/C60H64FN9O7/c1-4-67(5-2)54(36-11-7-6-8-12-36)58(72)69-47-27-41(47)29-49(69)56-63-32-43(64-56)37-17-18-45-40(25-37)28-48-52-42(61)26-39(31-51(52)77-59(70(45)48)38-16-15-34-13-10-22-76-50(34)30-38)44-33-62-55(65-44)46-14-9-21-68(46)57(71)53(66-60(73)74-3)35-19-23-75-24-20-35/h6-8,11-12,15-18,25-26,28,30-33,35,41,46-47,49,53-54,59H,4-5,9-10,13-14,19-24,27,29H2,1-3H3,(H,62,65)(H,63,64)(H,66,73)/t41-,46+,47-,49+,53+,54-,59?/m1/s1. The number of nitrogens with one attached hydrogen (secondary N) is 3. The normalized spacial score (nSPS) is 22.4. The maximum atomic E-state index is 17.2. The summed E-state index contributed by atoms with van der Waals surface area (Å²) in [5.74, 6) is 2.41. The molecule has 6 aliphatic rings. The third-order valence-corrected chi connectivity index (χ3v) is 17.2. The van der Waals surface area contributed by atoms with E-state index in [-0.39, 0.29) is 41.9 Å². The second kappa shape index (κ2) is 20.1. The summed E-state index contributed by atoms with van der Waals surface area (Å²) < 4.78 is 42.9. The number of alkyl carbamates (subject to hydrolysis) is 1. The number of aromatic nitrogens is 5. The van der Waals surface area contributed by atoms with Crippen molar-refractivity contribution in [3.8, 4) is 45.3 Å². The molecule has 1 aliphatic carbocycles. The minimum Gasteiger partial charge on any atom is -0.493 e. The number of fused-ring (bicyclic) bond motifs is 7. The number of hydrogen-bond donors (Lipinski definition) is 3. The third kappa shape index (κ3) is 8.80. The Hall–Kier alpha value is -7.50. The molecule has 7 atom stereocenters. The highest BCUT2D eigenvalue weighted by Gasteiger charge is 2.56. The number of methoxy groups -OCH3 is 1. The molecule has 3 saturated heterocycles. The molecule has 17 heteroatoms. The molecule has 3 aromatic heterocycles. The van der Waals surface area contributed by atoms with E-state index in [1.165, 1.54) is 13.2 Å². The summed E-state index contributed by atoms with van der Waals surface area (Å²) in [5, 5.41) is 3.71. The van der Waals surface area contributed by atoms with Gasteiger partial charge < -0.3 is 48.6 Å². The van der Waals surface area contributed by atoms with Crippen LogP contribution in [0.4, 0.5) is 9.18 Å². The monoisotopic (exact) mass is 1040 g/mol. The predicted molar refractivity (Wildman–Crippen MR) is 286 cm³/mol. The van der Waals surface area contributed by atoms with Gasteiger partial charge >= 0.3 is 6.09 Å². The number of hydrogen-bond acceptors (Lipinski definition) is 10. The van der Waals surface area contributed by atoms with Crippen molar-refractivity contribution < 1.29 is 37.7 Å². The molecule has 5 aliphatic heterocycles. The quantitative estimate of drug-likeness (QED) is 0.101. The Balaban J connectivity index is 0.821. The molecule has 0 radical (unpaired) electrons. The largest absolute Gasteiger partial charge is 0.493 e. The van der Waals surface area contributed by atoms with Crippen molar-refractivity contribution in [1.82, 2.24) is 44.5 Å². The highest BCUT2D eigenvalue weighted by Crippen LogP contribution is 2.55. The minimum absolute atomic E-state index is 0.0971. The summed E-state index contributed by atoms with van der Waals surface area (Å²) in [6.45, 7) is 7.92. The molecule has 77 heavy (non-hydrogen) atoms. The molecule has 4 fully saturated rings. The zero-order valence-corrected chi connectivity index (χ0v) is 43.7. The molecule has 1 unspecified atom stereocenters. The lowest BCUT2D eigenvalue weighted by Gasteiger charge is -2.35. The maximum absolute atomic E-state index is 17.2. The summed E-state index contributed by atoms with van der Waals surface area (Å²) in [7, 11) is 1.29. The number of aryl methyl sites for hydroxylation is 1. The van der Waals surface area contributed by atoms with Gasteiger partial charge in [0.1, 0.15) is 41.0 Å². The molecular weight excluding hydrogens is 978 g/mol. The molecular formula is C60H64FN9O7. The zero-order chi connectivity index (χ0) is 52.5. The van der Waals surface area contributed by atoms with Crippen LogP contribution < -0.4 is 14.8 Å². The van der Waals surface area contributed by atoms with Gasteiger partial charge in [-0.3, -0.25) is 14.5 Å². The number of aromatic amines is 2. The number of rotatable bonds is 13. The van der Waals surface area contributed by atoms with Gasteiger partial charge in [0, 0.05) is 47.9 Å². The van der Waals surface area contributed by atoms with Crippen LogP contribution in [0.25, 0.3) is 44.7 Å². The Kier molecular flexibility index (Phi) is 12.8. The number of benzene rings is 4. The molecule has 4 aromatic carbocycles. The van der Waals surface area contributed by atoms with Gasteiger partial charge in [0.15, 0.2) is 0 Å². The second-order valence-corrected chi connectivity index (χ2v) is 21.5. The number of amides is 3. The van der Waals surface area contributed by atoms with Crippen LogP contribution in [0.2, 0.25) is 0 Å². The van der Waals surface area contributed by atoms with Crippen molar-refractivity contribution >= 4 is 28.8 Å². The smallest absolute Gasteiger partial charge is 0.407 e. The number of likely N-dealkylation sites (N-methyl/N-ethyl adjacent to an activating group) is 1. The fourth-order valence-electron chi connectivity index (χ4n) is 13.1. The van der Waals surface area contributed by atoms with Crippen LogP contribution in [-0.4, -0.2) is 116 Å². The van der Waals surface area contributed by atoms with Crippen LogP contribution in [0.1, 0.15) is 111 Å². The van der Waals surface area contributed by atoms with Gasteiger partial charge in [-0.05, 0) is 124 Å². The number of nitrogens with zero attached hydrogens (tertiary/aromatic N) is 6. The van der Waals surface area contributed by atoms with Crippen molar-refractivity contribution in [3.05, 3.63) is 131 Å². The Morgan fingerprint density at radius 2 is 1.61 bits per heavy atom. The van der Waals surface area contributed by atoms with Crippen molar-refractivity contribution in [2.75, 3.05) is 46.6 Å². The van der Waals surface area contributed by atoms with E-state index in [1.807, 2.05) is 36.5 Å². The molecule has 398 valence electrons. The first-order chi connectivity index (χ1) is 37.7. The Bertz CT molecular complexity index is 3380. The molecule has 16 nitrogen and oxygen atoms in total. The number of piperidine rings is 1. The molecule has 3 amide bonds. The van der Waals surface area contributed by atoms with E-state index in [0.717, 1.165) is 95.6 Å². The predicted octanol–water partition coefficient (Wildman–Crippen LogP) is 10.1. The Morgan fingerprint density at radius 3 is 2.39 bits per heavy atom. The van der Waals surface area contributed by atoms with Crippen molar-refractivity contribution in [3.63, 3.8) is 0 Å². The molecule has 0 bridgehead atoms. The van der Waals surface area contributed by atoms with Gasteiger partial charge in [0.2, 0.25) is 18.0 Å². The average Bonchev–Trinajstić information content (AvgIpc) is 4.23. The van der Waals surface area contributed by atoms with E-state index in [1.54, 1.807) is 11.1 Å². The number of carbonyl (C=O) groups excluding carboxylic acids is 3. The molecule has 1 saturated carbocycles. The number of H-pyrrole nitrogens is 2. The lowest BCUT2D eigenvalue weighted by Crippen LogP contribution is -2.53. The van der Waals surface area contributed by atoms with Gasteiger partial charge in [-0.15, -0.1) is 0 Å². The molecule has 13 rings (SSSR count). The SMILES string of the molecule is CCN(CC)[C@@H](C(=O)N1[C@@H]2C[C@@H]2C[C@H]1c1ncc(-c2ccc3c(c2)cc2n3C(c3ccc4c(c3)OCCC4)Oc3cc(-c4cnc([C@@H]5CCCN5C(=O)[C@@H](NC(=O)OC)C5CCOCC5)[nH]4)cc(F)c3-2)[nH]1)c1ccccc1. The van der Waals surface area contributed by atoms with Crippen LogP contribution in [0.15, 0.2) is 97.3 Å². The molecule has 0 spiro atoms. The molecule has 7 aromatic rings.